The fourth-order valence-electron chi connectivity index (χ4n) is 5.06. The second kappa shape index (κ2) is 14.6. The van der Waals surface area contributed by atoms with Gasteiger partial charge in [0.25, 0.3) is 0 Å². The van der Waals surface area contributed by atoms with Crippen LogP contribution in [0.3, 0.4) is 0 Å². The highest BCUT2D eigenvalue weighted by Crippen LogP contribution is 2.33. The zero-order chi connectivity index (χ0) is 31.8. The normalized spacial score (nSPS) is 12.8. The van der Waals surface area contributed by atoms with Gasteiger partial charge in [-0.1, -0.05) is 79.2 Å². The molecule has 4 aromatic rings. The fourth-order valence-corrected chi connectivity index (χ4v) is 6.23. The molecular weight excluding hydrogens is 614 g/mol. The van der Waals surface area contributed by atoms with Gasteiger partial charge in [-0.25, -0.2) is 13.1 Å². The summed E-state index contributed by atoms with van der Waals surface area (Å²) in [5.41, 5.74) is 3.11. The Morgan fingerprint density at radius 1 is 0.867 bits per heavy atom. The molecule has 2 amide bonds. The lowest BCUT2D eigenvalue weighted by Crippen LogP contribution is -2.43. The number of benzene rings is 4. The van der Waals surface area contributed by atoms with Crippen LogP contribution in [0.15, 0.2) is 102 Å². The molecule has 2 N–H and O–H groups in total. The van der Waals surface area contributed by atoms with Crippen molar-refractivity contribution in [3.63, 3.8) is 0 Å². The SMILES string of the molecule is CCNS(=O)(=O)c1ccc(CCC(=O)N(Cc2ccc(Cl)cc2)[C@@H](C(=O)NCc2ccc3c(c2)OCO3)c2ccccc2)cc1. The second-order valence-corrected chi connectivity index (χ2v) is 12.7. The molecule has 11 heteroatoms. The lowest BCUT2D eigenvalue weighted by molar-refractivity contribution is -0.141. The number of rotatable bonds is 13. The van der Waals surface area contributed by atoms with Crippen molar-refractivity contribution in [1.29, 1.82) is 0 Å². The molecule has 1 atom stereocenters. The van der Waals surface area contributed by atoms with Crippen LogP contribution in [-0.2, 0) is 39.1 Å². The first-order chi connectivity index (χ1) is 21.7. The highest BCUT2D eigenvalue weighted by molar-refractivity contribution is 7.89. The number of hydrogen-bond donors (Lipinski definition) is 2. The monoisotopic (exact) mass is 647 g/mol. The van der Waals surface area contributed by atoms with Gasteiger partial charge in [-0.3, -0.25) is 9.59 Å². The molecule has 4 aromatic carbocycles. The molecule has 9 nitrogen and oxygen atoms in total. The van der Waals surface area contributed by atoms with Gasteiger partial charge >= 0.3 is 0 Å². The average Bonchev–Trinajstić information content (AvgIpc) is 3.52. The third-order valence-electron chi connectivity index (χ3n) is 7.36. The quantitative estimate of drug-likeness (QED) is 0.201. The molecule has 5 rings (SSSR count). The number of sulfonamides is 1. The molecule has 0 spiro atoms. The van der Waals surface area contributed by atoms with Gasteiger partial charge in [0, 0.05) is 31.1 Å². The third kappa shape index (κ3) is 8.21. The van der Waals surface area contributed by atoms with Crippen LogP contribution in [0.5, 0.6) is 11.5 Å². The Morgan fingerprint density at radius 2 is 1.53 bits per heavy atom. The van der Waals surface area contributed by atoms with E-state index in [1.54, 1.807) is 42.2 Å². The number of fused-ring (bicyclic) bond motifs is 1. The molecule has 234 valence electrons. The van der Waals surface area contributed by atoms with Crippen molar-refractivity contribution in [3.05, 3.63) is 124 Å². The first-order valence-corrected chi connectivity index (χ1v) is 16.4. The minimum atomic E-state index is -3.58. The molecule has 0 saturated heterocycles. The van der Waals surface area contributed by atoms with Crippen LogP contribution < -0.4 is 19.5 Å². The van der Waals surface area contributed by atoms with E-state index in [4.69, 9.17) is 21.1 Å². The molecule has 0 aliphatic carbocycles. The van der Waals surface area contributed by atoms with Crippen LogP contribution in [0.4, 0.5) is 0 Å². The third-order valence-corrected chi connectivity index (χ3v) is 9.17. The van der Waals surface area contributed by atoms with Crippen LogP contribution in [0.1, 0.15) is 41.6 Å². The zero-order valence-corrected chi connectivity index (χ0v) is 26.3. The lowest BCUT2D eigenvalue weighted by atomic mass is 10.0. The molecule has 0 bridgehead atoms. The van der Waals surface area contributed by atoms with Crippen molar-refractivity contribution in [1.82, 2.24) is 14.9 Å². The maximum atomic E-state index is 14.0. The van der Waals surface area contributed by atoms with Gasteiger partial charge in [0.1, 0.15) is 6.04 Å². The van der Waals surface area contributed by atoms with Crippen LogP contribution >= 0.6 is 11.6 Å². The average molecular weight is 648 g/mol. The Balaban J connectivity index is 1.38. The van der Waals surface area contributed by atoms with Crippen molar-refractivity contribution in [2.75, 3.05) is 13.3 Å². The number of carbonyl (C=O) groups is 2. The number of amides is 2. The maximum Gasteiger partial charge on any atom is 0.247 e. The van der Waals surface area contributed by atoms with Gasteiger partial charge in [0.2, 0.25) is 28.6 Å². The Morgan fingerprint density at radius 3 is 2.24 bits per heavy atom. The molecule has 1 aliphatic rings. The highest BCUT2D eigenvalue weighted by atomic mass is 35.5. The molecule has 1 heterocycles. The van der Waals surface area contributed by atoms with Gasteiger partial charge in [-0.2, -0.15) is 0 Å². The Kier molecular flexibility index (Phi) is 10.4. The summed E-state index contributed by atoms with van der Waals surface area (Å²) in [6, 6.07) is 27.4. The van der Waals surface area contributed by atoms with Crippen molar-refractivity contribution in [2.45, 2.75) is 43.8 Å². The fraction of sp³-hybridized carbons (Fsp3) is 0.235. The Labute approximate surface area is 268 Å². The van der Waals surface area contributed by atoms with E-state index in [1.807, 2.05) is 54.6 Å². The number of aryl methyl sites for hydroxylation is 1. The van der Waals surface area contributed by atoms with Crippen molar-refractivity contribution >= 4 is 33.4 Å². The van der Waals surface area contributed by atoms with Crippen LogP contribution in [-0.4, -0.2) is 38.5 Å². The summed E-state index contributed by atoms with van der Waals surface area (Å²) in [6.45, 7) is 2.56. The first kappa shape index (κ1) is 32.0. The summed E-state index contributed by atoms with van der Waals surface area (Å²) in [7, 11) is -3.58. The first-order valence-electron chi connectivity index (χ1n) is 14.6. The van der Waals surface area contributed by atoms with Crippen LogP contribution in [0, 0.1) is 0 Å². The summed E-state index contributed by atoms with van der Waals surface area (Å²) < 4.78 is 38.0. The number of hydrogen-bond acceptors (Lipinski definition) is 6. The number of nitrogens with zero attached hydrogens (tertiary/aromatic N) is 1. The van der Waals surface area contributed by atoms with E-state index >= 15 is 0 Å². The molecule has 0 radical (unpaired) electrons. The van der Waals surface area contributed by atoms with Gasteiger partial charge < -0.3 is 19.7 Å². The van der Waals surface area contributed by atoms with Gasteiger partial charge in [-0.05, 0) is 65.1 Å². The smallest absolute Gasteiger partial charge is 0.247 e. The van der Waals surface area contributed by atoms with E-state index in [1.165, 1.54) is 12.1 Å². The number of carbonyl (C=O) groups excluding carboxylic acids is 2. The molecular formula is C34H34ClN3O6S. The molecule has 1 aliphatic heterocycles. The van der Waals surface area contributed by atoms with Crippen LogP contribution in [0.25, 0.3) is 0 Å². The van der Waals surface area contributed by atoms with Crippen molar-refractivity contribution in [3.8, 4) is 11.5 Å². The topological polar surface area (TPSA) is 114 Å². The standard InChI is InChI=1S/C34H34ClN3O6S/c1-2-37-45(41,42)29-16-10-24(11-17-29)13-19-32(39)38(22-25-8-14-28(35)15-9-25)33(27-6-4-3-5-7-27)34(40)36-21-26-12-18-30-31(20-26)44-23-43-30/h3-12,14-18,20,33,37H,2,13,19,21-23H2,1H3,(H,36,40)/t33-/m1/s1. The second-order valence-electron chi connectivity index (χ2n) is 10.5. The van der Waals surface area contributed by atoms with E-state index in [2.05, 4.69) is 10.0 Å². The summed E-state index contributed by atoms with van der Waals surface area (Å²) in [6.07, 6.45) is 0.462. The number of nitrogens with one attached hydrogen (secondary N) is 2. The molecule has 0 saturated carbocycles. The highest BCUT2D eigenvalue weighted by Gasteiger charge is 2.31. The summed E-state index contributed by atoms with van der Waals surface area (Å²) in [5.74, 6) is 0.703. The van der Waals surface area contributed by atoms with Gasteiger partial charge in [0.15, 0.2) is 11.5 Å². The zero-order valence-electron chi connectivity index (χ0n) is 24.7. The van der Waals surface area contributed by atoms with E-state index in [0.29, 0.717) is 28.5 Å². The van der Waals surface area contributed by atoms with Crippen LogP contribution in [0.2, 0.25) is 5.02 Å². The van der Waals surface area contributed by atoms with Crippen molar-refractivity contribution in [2.24, 2.45) is 0 Å². The largest absolute Gasteiger partial charge is 0.454 e. The summed E-state index contributed by atoms with van der Waals surface area (Å²) in [4.78, 5) is 29.7. The maximum absolute atomic E-state index is 14.0. The Bertz CT molecular complexity index is 1730. The Hall–Kier alpha value is -4.38. The number of halogens is 1. The minimum Gasteiger partial charge on any atom is -0.454 e. The molecule has 0 aromatic heterocycles. The van der Waals surface area contributed by atoms with E-state index in [0.717, 1.165) is 16.7 Å². The van der Waals surface area contributed by atoms with Crippen molar-refractivity contribution < 1.29 is 27.5 Å². The lowest BCUT2D eigenvalue weighted by Gasteiger charge is -2.32. The van der Waals surface area contributed by atoms with E-state index < -0.39 is 16.1 Å². The molecule has 0 unspecified atom stereocenters. The molecule has 45 heavy (non-hydrogen) atoms. The summed E-state index contributed by atoms with van der Waals surface area (Å²) >= 11 is 6.13. The summed E-state index contributed by atoms with van der Waals surface area (Å²) in [5, 5.41) is 3.58. The van der Waals surface area contributed by atoms with Gasteiger partial charge in [-0.15, -0.1) is 0 Å². The van der Waals surface area contributed by atoms with E-state index in [9.17, 15) is 18.0 Å². The number of ether oxygens (including phenoxy) is 2. The molecule has 0 fully saturated rings. The predicted octanol–water partition coefficient (Wildman–Crippen LogP) is 5.39. The predicted molar refractivity (Wildman–Crippen MR) is 171 cm³/mol. The van der Waals surface area contributed by atoms with E-state index in [-0.39, 0.29) is 49.6 Å². The van der Waals surface area contributed by atoms with Gasteiger partial charge in [0.05, 0.1) is 4.90 Å². The minimum absolute atomic E-state index is 0.103.